The molecular weight excluding hydrogens is 240 g/mol. The second-order valence-corrected chi connectivity index (χ2v) is 4.73. The quantitative estimate of drug-likeness (QED) is 0.796. The van der Waals surface area contributed by atoms with Crippen LogP contribution in [-0.2, 0) is 4.79 Å². The minimum atomic E-state index is -0.467. The van der Waals surface area contributed by atoms with Crippen LogP contribution in [0.5, 0.6) is 5.75 Å². The first kappa shape index (κ1) is 15.5. The van der Waals surface area contributed by atoms with E-state index in [1.807, 2.05) is 39.0 Å². The normalized spacial score (nSPS) is 12.0. The summed E-state index contributed by atoms with van der Waals surface area (Å²) >= 11 is 0. The largest absolute Gasteiger partial charge is 0.491 e. The average Bonchev–Trinajstić information content (AvgIpc) is 2.39. The van der Waals surface area contributed by atoms with Crippen molar-refractivity contribution in [1.82, 2.24) is 0 Å². The van der Waals surface area contributed by atoms with Gasteiger partial charge in [-0.15, -0.1) is 0 Å². The molecule has 1 rings (SSSR count). The SMILES string of the molecule is CCCOc1cc(C)ccc1NC(=O)[C@@H](N)CCC. The number of hydrogen-bond acceptors (Lipinski definition) is 3. The monoisotopic (exact) mass is 264 g/mol. The molecule has 0 saturated carbocycles. The van der Waals surface area contributed by atoms with E-state index in [9.17, 15) is 4.79 Å². The molecule has 0 aliphatic rings. The van der Waals surface area contributed by atoms with Gasteiger partial charge in [-0.1, -0.05) is 26.3 Å². The van der Waals surface area contributed by atoms with Crippen molar-refractivity contribution in [1.29, 1.82) is 0 Å². The van der Waals surface area contributed by atoms with Crippen LogP contribution in [0.25, 0.3) is 0 Å². The zero-order valence-electron chi connectivity index (χ0n) is 12.0. The van der Waals surface area contributed by atoms with Gasteiger partial charge >= 0.3 is 0 Å². The smallest absolute Gasteiger partial charge is 0.241 e. The van der Waals surface area contributed by atoms with Crippen LogP contribution in [0.15, 0.2) is 18.2 Å². The predicted molar refractivity (Wildman–Crippen MR) is 78.5 cm³/mol. The zero-order valence-corrected chi connectivity index (χ0v) is 12.0. The highest BCUT2D eigenvalue weighted by atomic mass is 16.5. The number of carbonyl (C=O) groups excluding carboxylic acids is 1. The highest BCUT2D eigenvalue weighted by Crippen LogP contribution is 2.26. The van der Waals surface area contributed by atoms with Crippen molar-refractivity contribution in [3.05, 3.63) is 23.8 Å². The molecule has 1 aromatic carbocycles. The van der Waals surface area contributed by atoms with Gasteiger partial charge in [-0.3, -0.25) is 4.79 Å². The summed E-state index contributed by atoms with van der Waals surface area (Å²) < 4.78 is 5.65. The number of carbonyl (C=O) groups is 1. The number of nitrogens with two attached hydrogens (primary N) is 1. The highest BCUT2D eigenvalue weighted by Gasteiger charge is 2.14. The van der Waals surface area contributed by atoms with Crippen LogP contribution in [-0.4, -0.2) is 18.6 Å². The second kappa shape index (κ2) is 7.79. The molecule has 0 unspecified atom stereocenters. The van der Waals surface area contributed by atoms with Crippen LogP contribution in [0.4, 0.5) is 5.69 Å². The molecule has 0 bridgehead atoms. The molecule has 4 heteroatoms. The molecule has 0 radical (unpaired) electrons. The van der Waals surface area contributed by atoms with E-state index < -0.39 is 6.04 Å². The lowest BCUT2D eigenvalue weighted by Gasteiger charge is -2.15. The fraction of sp³-hybridized carbons (Fsp3) is 0.533. The number of benzene rings is 1. The molecule has 0 heterocycles. The van der Waals surface area contributed by atoms with Gasteiger partial charge in [0, 0.05) is 0 Å². The summed E-state index contributed by atoms with van der Waals surface area (Å²) in [7, 11) is 0. The molecule has 0 aromatic heterocycles. The van der Waals surface area contributed by atoms with Crippen molar-refractivity contribution >= 4 is 11.6 Å². The zero-order chi connectivity index (χ0) is 14.3. The summed E-state index contributed by atoms with van der Waals surface area (Å²) in [6.07, 6.45) is 2.50. The van der Waals surface area contributed by atoms with Crippen LogP contribution in [0.3, 0.4) is 0 Å². The molecule has 0 aliphatic heterocycles. The number of rotatable bonds is 7. The van der Waals surface area contributed by atoms with Gasteiger partial charge in [0.25, 0.3) is 0 Å². The van der Waals surface area contributed by atoms with Crippen LogP contribution in [0.2, 0.25) is 0 Å². The Bertz CT molecular complexity index is 419. The van der Waals surface area contributed by atoms with Gasteiger partial charge in [0.1, 0.15) is 5.75 Å². The summed E-state index contributed by atoms with van der Waals surface area (Å²) in [5, 5.41) is 2.84. The van der Waals surface area contributed by atoms with Crippen LogP contribution in [0, 0.1) is 6.92 Å². The molecule has 1 amide bonds. The second-order valence-electron chi connectivity index (χ2n) is 4.73. The van der Waals surface area contributed by atoms with Gasteiger partial charge < -0.3 is 15.8 Å². The first-order chi connectivity index (χ1) is 9.08. The molecule has 0 fully saturated rings. The Morgan fingerprint density at radius 1 is 1.37 bits per heavy atom. The predicted octanol–water partition coefficient (Wildman–Crippen LogP) is 2.85. The van der Waals surface area contributed by atoms with E-state index >= 15 is 0 Å². The average molecular weight is 264 g/mol. The third kappa shape index (κ3) is 4.91. The van der Waals surface area contributed by atoms with Crippen molar-refractivity contribution in [3.63, 3.8) is 0 Å². The molecule has 0 aliphatic carbocycles. The standard InChI is InChI=1S/C15H24N2O2/c1-4-6-12(16)15(18)17-13-8-7-11(3)10-14(13)19-9-5-2/h7-8,10,12H,4-6,9,16H2,1-3H3,(H,17,18)/t12-/m0/s1. The third-order valence-corrected chi connectivity index (χ3v) is 2.79. The van der Waals surface area contributed by atoms with E-state index in [0.717, 1.165) is 18.4 Å². The lowest BCUT2D eigenvalue weighted by Crippen LogP contribution is -2.35. The number of amides is 1. The number of nitrogens with one attached hydrogen (secondary N) is 1. The maximum absolute atomic E-state index is 11.9. The Hall–Kier alpha value is -1.55. The number of anilines is 1. The summed E-state index contributed by atoms with van der Waals surface area (Å²) in [6.45, 7) is 6.68. The van der Waals surface area contributed by atoms with Crippen LogP contribution >= 0.6 is 0 Å². The maximum atomic E-state index is 11.9. The topological polar surface area (TPSA) is 64.3 Å². The van der Waals surface area contributed by atoms with Crippen molar-refractivity contribution < 1.29 is 9.53 Å². The van der Waals surface area contributed by atoms with E-state index in [1.165, 1.54) is 0 Å². The molecule has 19 heavy (non-hydrogen) atoms. The Morgan fingerprint density at radius 3 is 2.74 bits per heavy atom. The van der Waals surface area contributed by atoms with E-state index in [-0.39, 0.29) is 5.91 Å². The minimum absolute atomic E-state index is 0.160. The minimum Gasteiger partial charge on any atom is -0.491 e. The number of aryl methyl sites for hydroxylation is 1. The summed E-state index contributed by atoms with van der Waals surface area (Å²) in [5.74, 6) is 0.547. The lowest BCUT2D eigenvalue weighted by molar-refractivity contribution is -0.117. The summed E-state index contributed by atoms with van der Waals surface area (Å²) in [6, 6.07) is 5.26. The van der Waals surface area contributed by atoms with E-state index in [0.29, 0.717) is 24.5 Å². The molecule has 1 atom stereocenters. The van der Waals surface area contributed by atoms with Gasteiger partial charge in [-0.25, -0.2) is 0 Å². The van der Waals surface area contributed by atoms with Gasteiger partial charge in [0.05, 0.1) is 18.3 Å². The molecule has 0 spiro atoms. The summed E-state index contributed by atoms with van der Waals surface area (Å²) in [5.41, 5.74) is 7.59. The first-order valence-electron chi connectivity index (χ1n) is 6.88. The fourth-order valence-electron chi connectivity index (χ4n) is 1.73. The van der Waals surface area contributed by atoms with Gasteiger partial charge in [0.15, 0.2) is 0 Å². The number of ether oxygens (including phenoxy) is 1. The van der Waals surface area contributed by atoms with Gasteiger partial charge in [-0.2, -0.15) is 0 Å². The van der Waals surface area contributed by atoms with Crippen LogP contribution < -0.4 is 15.8 Å². The Labute approximate surface area is 115 Å². The maximum Gasteiger partial charge on any atom is 0.241 e. The fourth-order valence-corrected chi connectivity index (χ4v) is 1.73. The van der Waals surface area contributed by atoms with Crippen molar-refractivity contribution in [2.75, 3.05) is 11.9 Å². The lowest BCUT2D eigenvalue weighted by atomic mass is 10.1. The van der Waals surface area contributed by atoms with E-state index in [1.54, 1.807) is 0 Å². The Balaban J connectivity index is 2.78. The molecule has 0 saturated heterocycles. The third-order valence-electron chi connectivity index (χ3n) is 2.79. The van der Waals surface area contributed by atoms with Crippen molar-refractivity contribution in [2.24, 2.45) is 5.73 Å². The Morgan fingerprint density at radius 2 is 2.11 bits per heavy atom. The van der Waals surface area contributed by atoms with Gasteiger partial charge in [0.2, 0.25) is 5.91 Å². The first-order valence-corrected chi connectivity index (χ1v) is 6.88. The van der Waals surface area contributed by atoms with E-state index in [4.69, 9.17) is 10.5 Å². The Kier molecular flexibility index (Phi) is 6.36. The number of hydrogen-bond donors (Lipinski definition) is 2. The van der Waals surface area contributed by atoms with Gasteiger partial charge in [-0.05, 0) is 37.5 Å². The molecule has 106 valence electrons. The molecule has 4 nitrogen and oxygen atoms in total. The highest BCUT2D eigenvalue weighted by molar-refractivity contribution is 5.95. The summed E-state index contributed by atoms with van der Waals surface area (Å²) in [4.78, 5) is 11.9. The van der Waals surface area contributed by atoms with Crippen molar-refractivity contribution in [2.45, 2.75) is 46.1 Å². The van der Waals surface area contributed by atoms with Crippen LogP contribution in [0.1, 0.15) is 38.7 Å². The molecular formula is C15H24N2O2. The molecule has 1 aromatic rings. The van der Waals surface area contributed by atoms with Crippen molar-refractivity contribution in [3.8, 4) is 5.75 Å². The van der Waals surface area contributed by atoms with E-state index in [2.05, 4.69) is 5.32 Å². The molecule has 3 N–H and O–H groups in total.